The predicted octanol–water partition coefficient (Wildman–Crippen LogP) is 2.57. The third-order valence-corrected chi connectivity index (χ3v) is 2.82. The van der Waals surface area contributed by atoms with Crippen molar-refractivity contribution in [2.45, 2.75) is 6.54 Å². The summed E-state index contributed by atoms with van der Waals surface area (Å²) < 4.78 is 0. The molecule has 7 heteroatoms. The zero-order valence-corrected chi connectivity index (χ0v) is 11.0. The lowest BCUT2D eigenvalue weighted by molar-refractivity contribution is -0.385. The highest BCUT2D eigenvalue weighted by molar-refractivity contribution is 6.30. The molecule has 0 aliphatic heterocycles. The van der Waals surface area contributed by atoms with Gasteiger partial charge < -0.3 is 5.32 Å². The summed E-state index contributed by atoms with van der Waals surface area (Å²) >= 11 is 5.76. The van der Waals surface area contributed by atoms with Gasteiger partial charge in [-0.3, -0.25) is 19.9 Å². The predicted molar refractivity (Wildman–Crippen MR) is 73.5 cm³/mol. The maximum absolute atomic E-state index is 11.8. The Bertz CT molecular complexity index is 661. The van der Waals surface area contributed by atoms with E-state index in [1.807, 2.05) is 0 Å². The molecule has 0 aliphatic rings. The van der Waals surface area contributed by atoms with Gasteiger partial charge >= 0.3 is 0 Å². The van der Waals surface area contributed by atoms with Crippen molar-refractivity contribution >= 4 is 23.2 Å². The average Bonchev–Trinajstić information content (AvgIpc) is 2.45. The number of para-hydroxylation sites is 1. The highest BCUT2D eigenvalue weighted by Gasteiger charge is 2.14. The minimum absolute atomic E-state index is 0.0353. The van der Waals surface area contributed by atoms with E-state index in [1.165, 1.54) is 18.3 Å². The average molecular weight is 292 g/mol. The van der Waals surface area contributed by atoms with Gasteiger partial charge in [-0.15, -0.1) is 0 Å². The van der Waals surface area contributed by atoms with Crippen LogP contribution in [0, 0.1) is 10.1 Å². The molecule has 0 aliphatic carbocycles. The molecular weight excluding hydrogens is 282 g/mol. The quantitative estimate of drug-likeness (QED) is 0.693. The molecule has 0 fully saturated rings. The number of nitrogens with one attached hydrogen (secondary N) is 1. The van der Waals surface area contributed by atoms with Gasteiger partial charge in [0, 0.05) is 29.4 Å². The standard InChI is InChI=1S/C13H10ClN3O3/c14-10-5-6-15-11(7-10)13(18)16-8-9-3-1-2-4-12(9)17(19)20/h1-7H,8H2,(H,16,18). The maximum Gasteiger partial charge on any atom is 0.274 e. The molecule has 2 aromatic rings. The fraction of sp³-hybridized carbons (Fsp3) is 0.0769. The molecule has 0 spiro atoms. The molecule has 0 unspecified atom stereocenters. The molecule has 6 nitrogen and oxygen atoms in total. The summed E-state index contributed by atoms with van der Waals surface area (Å²) in [4.78, 5) is 26.1. The normalized spacial score (nSPS) is 10.1. The lowest BCUT2D eigenvalue weighted by Crippen LogP contribution is -2.24. The number of nitro groups is 1. The summed E-state index contributed by atoms with van der Waals surface area (Å²) in [6, 6.07) is 9.20. The molecule has 102 valence electrons. The fourth-order valence-corrected chi connectivity index (χ4v) is 1.79. The Hall–Kier alpha value is -2.47. The second-order valence-corrected chi connectivity index (χ2v) is 4.36. The van der Waals surface area contributed by atoms with Gasteiger partial charge in [-0.1, -0.05) is 29.8 Å². The molecule has 1 N–H and O–H groups in total. The number of halogens is 1. The van der Waals surface area contributed by atoms with Crippen molar-refractivity contribution < 1.29 is 9.72 Å². The van der Waals surface area contributed by atoms with E-state index in [-0.39, 0.29) is 17.9 Å². The van der Waals surface area contributed by atoms with Crippen molar-refractivity contribution in [1.82, 2.24) is 10.3 Å². The number of nitrogens with zero attached hydrogens (tertiary/aromatic N) is 2. The van der Waals surface area contributed by atoms with Crippen LogP contribution in [0.5, 0.6) is 0 Å². The molecule has 0 bridgehead atoms. The van der Waals surface area contributed by atoms with E-state index < -0.39 is 10.8 Å². The van der Waals surface area contributed by atoms with Crippen molar-refractivity contribution in [3.63, 3.8) is 0 Å². The monoisotopic (exact) mass is 291 g/mol. The first-order chi connectivity index (χ1) is 9.58. The van der Waals surface area contributed by atoms with Crippen molar-refractivity contribution in [3.05, 3.63) is 69.0 Å². The van der Waals surface area contributed by atoms with Gasteiger partial charge in [0.1, 0.15) is 5.69 Å². The molecular formula is C13H10ClN3O3. The fourth-order valence-electron chi connectivity index (χ4n) is 1.63. The summed E-state index contributed by atoms with van der Waals surface area (Å²) in [5.41, 5.74) is 0.552. The Kier molecular flexibility index (Phi) is 4.27. The van der Waals surface area contributed by atoms with E-state index in [2.05, 4.69) is 10.3 Å². The van der Waals surface area contributed by atoms with Crippen LogP contribution in [-0.2, 0) is 6.54 Å². The topological polar surface area (TPSA) is 85.1 Å². The van der Waals surface area contributed by atoms with E-state index in [4.69, 9.17) is 11.6 Å². The van der Waals surface area contributed by atoms with E-state index in [0.29, 0.717) is 10.6 Å². The Balaban J connectivity index is 2.09. The zero-order valence-electron chi connectivity index (χ0n) is 10.2. The molecule has 1 aromatic heterocycles. The van der Waals surface area contributed by atoms with Gasteiger partial charge in [0.25, 0.3) is 11.6 Å². The first-order valence-electron chi connectivity index (χ1n) is 5.70. The number of benzene rings is 1. The summed E-state index contributed by atoms with van der Waals surface area (Å²) in [7, 11) is 0. The Labute approximate surface area is 119 Å². The smallest absolute Gasteiger partial charge is 0.274 e. The summed E-state index contributed by atoms with van der Waals surface area (Å²) in [6.45, 7) is 0.0458. The van der Waals surface area contributed by atoms with Crippen LogP contribution in [0.2, 0.25) is 5.02 Å². The largest absolute Gasteiger partial charge is 0.346 e. The number of aromatic nitrogens is 1. The van der Waals surface area contributed by atoms with Crippen LogP contribution in [0.1, 0.15) is 16.1 Å². The Morgan fingerprint density at radius 3 is 2.80 bits per heavy atom. The number of rotatable bonds is 4. The molecule has 2 rings (SSSR count). The lowest BCUT2D eigenvalue weighted by atomic mass is 10.2. The van der Waals surface area contributed by atoms with Crippen molar-refractivity contribution in [3.8, 4) is 0 Å². The van der Waals surface area contributed by atoms with Gasteiger partial charge in [-0.2, -0.15) is 0 Å². The van der Waals surface area contributed by atoms with Gasteiger partial charge in [-0.25, -0.2) is 0 Å². The van der Waals surface area contributed by atoms with Crippen LogP contribution in [-0.4, -0.2) is 15.8 Å². The lowest BCUT2D eigenvalue weighted by Gasteiger charge is -2.05. The molecule has 0 atom stereocenters. The molecule has 0 radical (unpaired) electrons. The molecule has 1 aromatic carbocycles. The number of amides is 1. The molecule has 1 heterocycles. The molecule has 20 heavy (non-hydrogen) atoms. The highest BCUT2D eigenvalue weighted by Crippen LogP contribution is 2.17. The third-order valence-electron chi connectivity index (χ3n) is 2.58. The maximum atomic E-state index is 11.8. The summed E-state index contributed by atoms with van der Waals surface area (Å²) in [5.74, 6) is -0.439. The van der Waals surface area contributed by atoms with E-state index in [0.717, 1.165) is 0 Å². The zero-order chi connectivity index (χ0) is 14.5. The summed E-state index contributed by atoms with van der Waals surface area (Å²) in [6.07, 6.45) is 1.42. The number of nitro benzene ring substituents is 1. The van der Waals surface area contributed by atoms with Crippen molar-refractivity contribution in [2.75, 3.05) is 0 Å². The molecule has 1 amide bonds. The minimum Gasteiger partial charge on any atom is -0.346 e. The third kappa shape index (κ3) is 3.30. The second kappa shape index (κ2) is 6.12. The van der Waals surface area contributed by atoms with Crippen LogP contribution in [0.4, 0.5) is 5.69 Å². The Morgan fingerprint density at radius 2 is 2.10 bits per heavy atom. The van der Waals surface area contributed by atoms with Gasteiger partial charge in [-0.05, 0) is 12.1 Å². The van der Waals surface area contributed by atoms with Gasteiger partial charge in [0.15, 0.2) is 0 Å². The number of pyridine rings is 1. The van der Waals surface area contributed by atoms with E-state index >= 15 is 0 Å². The first-order valence-corrected chi connectivity index (χ1v) is 6.08. The van der Waals surface area contributed by atoms with Gasteiger partial charge in [0.05, 0.1) is 4.92 Å². The van der Waals surface area contributed by atoms with Crippen molar-refractivity contribution in [2.24, 2.45) is 0 Å². The summed E-state index contributed by atoms with van der Waals surface area (Å²) in [5, 5.41) is 13.8. The van der Waals surface area contributed by atoms with Crippen LogP contribution >= 0.6 is 11.6 Å². The van der Waals surface area contributed by atoms with E-state index in [1.54, 1.807) is 24.3 Å². The second-order valence-electron chi connectivity index (χ2n) is 3.93. The van der Waals surface area contributed by atoms with Gasteiger partial charge in [0.2, 0.25) is 0 Å². The molecule has 0 saturated carbocycles. The van der Waals surface area contributed by atoms with E-state index in [9.17, 15) is 14.9 Å². The first kappa shape index (κ1) is 14.0. The van der Waals surface area contributed by atoms with Crippen LogP contribution < -0.4 is 5.32 Å². The number of carbonyl (C=O) groups is 1. The van der Waals surface area contributed by atoms with Crippen molar-refractivity contribution in [1.29, 1.82) is 0 Å². The SMILES string of the molecule is O=C(NCc1ccccc1[N+](=O)[O-])c1cc(Cl)ccn1. The number of carbonyl (C=O) groups excluding carboxylic acids is 1. The van der Waals surface area contributed by atoms with Crippen LogP contribution in [0.25, 0.3) is 0 Å². The Morgan fingerprint density at radius 1 is 1.35 bits per heavy atom. The molecule has 0 saturated heterocycles. The number of hydrogen-bond acceptors (Lipinski definition) is 4. The van der Waals surface area contributed by atoms with Crippen LogP contribution in [0.15, 0.2) is 42.6 Å². The van der Waals surface area contributed by atoms with Crippen LogP contribution in [0.3, 0.4) is 0 Å². The highest BCUT2D eigenvalue weighted by atomic mass is 35.5. The number of hydrogen-bond donors (Lipinski definition) is 1. The minimum atomic E-state index is -0.487.